The molecule has 0 aromatic heterocycles. The van der Waals surface area contributed by atoms with E-state index in [1.807, 2.05) is 13.8 Å². The molecule has 1 saturated heterocycles. The van der Waals surface area contributed by atoms with Crippen molar-refractivity contribution in [2.45, 2.75) is 25.8 Å². The summed E-state index contributed by atoms with van der Waals surface area (Å²) < 4.78 is 10.7. The zero-order valence-corrected chi connectivity index (χ0v) is 17.2. The third kappa shape index (κ3) is 3.94. The Morgan fingerprint density at radius 3 is 2.43 bits per heavy atom. The molecule has 1 aliphatic rings. The number of carbonyl (C=O) groups is 3. The van der Waals surface area contributed by atoms with Gasteiger partial charge in [-0.05, 0) is 43.2 Å². The molecule has 3 rings (SSSR count). The van der Waals surface area contributed by atoms with Crippen molar-refractivity contribution in [3.8, 4) is 11.5 Å². The van der Waals surface area contributed by atoms with Gasteiger partial charge in [0.05, 0.1) is 19.4 Å². The molecular formula is C22H25N3O5. The standard InChI is InChI=1S/C22H25N3O5/c1-4-22(15-10-12-16(29-3)13-11-15)20(27)25(21(28)24-22)14-19(26)23-17-8-6-7-9-18(17)30-5-2/h6-13H,4-5,14H2,1-3H3,(H,23,26)(H,24,28)/t22-/m1/s1. The molecule has 2 aromatic carbocycles. The van der Waals surface area contributed by atoms with E-state index in [2.05, 4.69) is 10.6 Å². The summed E-state index contributed by atoms with van der Waals surface area (Å²) in [6.07, 6.45) is 0.342. The van der Waals surface area contributed by atoms with Gasteiger partial charge in [0.15, 0.2) is 0 Å². The SMILES string of the molecule is CCOc1ccccc1NC(=O)CN1C(=O)N[C@](CC)(c2ccc(OC)cc2)C1=O. The molecule has 0 spiro atoms. The van der Waals surface area contributed by atoms with Crippen LogP contribution in [0.4, 0.5) is 10.5 Å². The fourth-order valence-electron chi connectivity index (χ4n) is 3.47. The minimum atomic E-state index is -1.22. The average molecular weight is 411 g/mol. The number of amides is 4. The maximum absolute atomic E-state index is 13.2. The van der Waals surface area contributed by atoms with Gasteiger partial charge < -0.3 is 20.1 Å². The monoisotopic (exact) mass is 411 g/mol. The van der Waals surface area contributed by atoms with E-state index in [4.69, 9.17) is 9.47 Å². The molecule has 30 heavy (non-hydrogen) atoms. The molecule has 2 N–H and O–H groups in total. The van der Waals surface area contributed by atoms with Gasteiger partial charge in [-0.15, -0.1) is 0 Å². The van der Waals surface area contributed by atoms with Crippen LogP contribution in [0.25, 0.3) is 0 Å². The summed E-state index contributed by atoms with van der Waals surface area (Å²) in [6.45, 7) is 3.70. The summed E-state index contributed by atoms with van der Waals surface area (Å²) >= 11 is 0. The summed E-state index contributed by atoms with van der Waals surface area (Å²) in [5, 5.41) is 5.47. The van der Waals surface area contributed by atoms with E-state index in [1.165, 1.54) is 0 Å². The molecule has 158 valence electrons. The average Bonchev–Trinajstić information content (AvgIpc) is 3.00. The Morgan fingerprint density at radius 2 is 1.80 bits per heavy atom. The van der Waals surface area contributed by atoms with Crippen molar-refractivity contribution < 1.29 is 23.9 Å². The molecule has 0 bridgehead atoms. The third-order valence-electron chi connectivity index (χ3n) is 5.05. The number of ether oxygens (including phenoxy) is 2. The van der Waals surface area contributed by atoms with Crippen LogP contribution >= 0.6 is 0 Å². The largest absolute Gasteiger partial charge is 0.497 e. The highest BCUT2D eigenvalue weighted by Gasteiger charge is 2.51. The molecule has 1 fully saturated rings. The molecule has 8 nitrogen and oxygen atoms in total. The van der Waals surface area contributed by atoms with Crippen LogP contribution in [0.1, 0.15) is 25.8 Å². The van der Waals surface area contributed by atoms with Crippen molar-refractivity contribution in [2.75, 3.05) is 25.6 Å². The number of nitrogens with one attached hydrogen (secondary N) is 2. The number of rotatable bonds is 8. The van der Waals surface area contributed by atoms with Gasteiger partial charge >= 0.3 is 6.03 Å². The van der Waals surface area contributed by atoms with Crippen LogP contribution < -0.4 is 20.1 Å². The smallest absolute Gasteiger partial charge is 0.325 e. The Kier molecular flexibility index (Phi) is 6.25. The second kappa shape index (κ2) is 8.86. The molecule has 4 amide bonds. The first-order valence-corrected chi connectivity index (χ1v) is 9.75. The van der Waals surface area contributed by atoms with Gasteiger partial charge in [-0.3, -0.25) is 14.5 Å². The molecule has 2 aromatic rings. The van der Waals surface area contributed by atoms with Crippen molar-refractivity contribution in [1.82, 2.24) is 10.2 Å². The molecule has 1 heterocycles. The number of imide groups is 1. The second-order valence-electron chi connectivity index (χ2n) is 6.79. The number of anilines is 1. The topological polar surface area (TPSA) is 97.0 Å². The Labute approximate surface area is 175 Å². The lowest BCUT2D eigenvalue weighted by molar-refractivity contribution is -0.134. The maximum Gasteiger partial charge on any atom is 0.325 e. The summed E-state index contributed by atoms with van der Waals surface area (Å²) in [6, 6.07) is 13.3. The first-order valence-electron chi connectivity index (χ1n) is 9.75. The normalized spacial score (nSPS) is 18.2. The van der Waals surface area contributed by atoms with Crippen LogP contribution in [0, 0.1) is 0 Å². The molecule has 0 unspecified atom stereocenters. The van der Waals surface area contributed by atoms with Crippen molar-refractivity contribution >= 4 is 23.5 Å². The fraction of sp³-hybridized carbons (Fsp3) is 0.318. The van der Waals surface area contributed by atoms with Crippen LogP contribution in [-0.2, 0) is 15.1 Å². The molecule has 1 atom stereocenters. The Bertz CT molecular complexity index is 944. The number of nitrogens with zero attached hydrogens (tertiary/aromatic N) is 1. The highest BCUT2D eigenvalue weighted by Crippen LogP contribution is 2.33. The van der Waals surface area contributed by atoms with E-state index in [1.54, 1.807) is 55.6 Å². The number of methoxy groups -OCH3 is 1. The molecule has 1 aliphatic heterocycles. The van der Waals surface area contributed by atoms with Crippen LogP contribution in [0.15, 0.2) is 48.5 Å². The van der Waals surface area contributed by atoms with E-state index in [0.29, 0.717) is 35.8 Å². The highest BCUT2D eigenvalue weighted by atomic mass is 16.5. The number of benzene rings is 2. The number of hydrogen-bond acceptors (Lipinski definition) is 5. The van der Waals surface area contributed by atoms with Gasteiger partial charge in [0, 0.05) is 0 Å². The van der Waals surface area contributed by atoms with E-state index < -0.39 is 29.9 Å². The predicted molar refractivity (Wildman–Crippen MR) is 111 cm³/mol. The number of para-hydroxylation sites is 2. The Morgan fingerprint density at radius 1 is 1.10 bits per heavy atom. The fourth-order valence-corrected chi connectivity index (χ4v) is 3.47. The molecule has 0 saturated carbocycles. The van der Waals surface area contributed by atoms with E-state index in [0.717, 1.165) is 4.90 Å². The lowest BCUT2D eigenvalue weighted by Gasteiger charge is -2.26. The zero-order valence-electron chi connectivity index (χ0n) is 17.2. The molecule has 0 radical (unpaired) electrons. The van der Waals surface area contributed by atoms with E-state index >= 15 is 0 Å². The van der Waals surface area contributed by atoms with Gasteiger partial charge in [0.1, 0.15) is 23.6 Å². The molecular weight excluding hydrogens is 386 g/mol. The molecule has 0 aliphatic carbocycles. The Hall–Kier alpha value is -3.55. The molecule has 8 heteroatoms. The first-order chi connectivity index (χ1) is 14.4. The van der Waals surface area contributed by atoms with Gasteiger partial charge in [0.2, 0.25) is 5.91 Å². The van der Waals surface area contributed by atoms with Crippen LogP contribution in [0.5, 0.6) is 11.5 Å². The quantitative estimate of drug-likeness (QED) is 0.651. The summed E-state index contributed by atoms with van der Waals surface area (Å²) in [5.41, 5.74) is -0.102. The maximum atomic E-state index is 13.2. The summed E-state index contributed by atoms with van der Waals surface area (Å²) in [7, 11) is 1.55. The van der Waals surface area contributed by atoms with E-state index in [9.17, 15) is 14.4 Å². The summed E-state index contributed by atoms with van der Waals surface area (Å²) in [5.74, 6) is 0.207. The minimum Gasteiger partial charge on any atom is -0.497 e. The van der Waals surface area contributed by atoms with E-state index in [-0.39, 0.29) is 0 Å². The van der Waals surface area contributed by atoms with Crippen LogP contribution in [0.2, 0.25) is 0 Å². The second-order valence-corrected chi connectivity index (χ2v) is 6.79. The van der Waals surface area contributed by atoms with Crippen molar-refractivity contribution in [1.29, 1.82) is 0 Å². The van der Waals surface area contributed by atoms with Crippen LogP contribution in [-0.4, -0.2) is 43.0 Å². The van der Waals surface area contributed by atoms with Gasteiger partial charge in [-0.1, -0.05) is 31.2 Å². The van der Waals surface area contributed by atoms with Crippen LogP contribution in [0.3, 0.4) is 0 Å². The van der Waals surface area contributed by atoms with Crippen molar-refractivity contribution in [3.63, 3.8) is 0 Å². The predicted octanol–water partition coefficient (Wildman–Crippen LogP) is 2.89. The first kappa shape index (κ1) is 21.2. The minimum absolute atomic E-state index is 0.342. The zero-order chi connectivity index (χ0) is 21.7. The summed E-state index contributed by atoms with van der Waals surface area (Å²) in [4.78, 5) is 39.3. The van der Waals surface area contributed by atoms with Gasteiger partial charge in [-0.25, -0.2) is 4.79 Å². The lowest BCUT2D eigenvalue weighted by atomic mass is 9.87. The Balaban J connectivity index is 1.78. The van der Waals surface area contributed by atoms with Gasteiger partial charge in [0.25, 0.3) is 5.91 Å². The lowest BCUT2D eigenvalue weighted by Crippen LogP contribution is -2.44. The number of hydrogen-bond donors (Lipinski definition) is 2. The van der Waals surface area contributed by atoms with Crippen molar-refractivity contribution in [2.24, 2.45) is 0 Å². The highest BCUT2D eigenvalue weighted by molar-refractivity contribution is 6.10. The number of carbonyl (C=O) groups excluding carboxylic acids is 3. The third-order valence-corrected chi connectivity index (χ3v) is 5.05. The van der Waals surface area contributed by atoms with Crippen molar-refractivity contribution in [3.05, 3.63) is 54.1 Å². The number of urea groups is 1. The van der Waals surface area contributed by atoms with Gasteiger partial charge in [-0.2, -0.15) is 0 Å².